The molecule has 0 aromatic heterocycles. The molecule has 0 saturated heterocycles. The zero-order chi connectivity index (χ0) is 7.28. The summed E-state index contributed by atoms with van der Waals surface area (Å²) in [5.74, 6) is 1.51. The highest BCUT2D eigenvalue weighted by atomic mass is 27.0. The van der Waals surface area contributed by atoms with Gasteiger partial charge in [0.25, 0.3) is 0 Å². The monoisotopic (exact) mass is 157 g/mol. The molecule has 0 aliphatic carbocycles. The van der Waals surface area contributed by atoms with Gasteiger partial charge >= 0.3 is 0 Å². The summed E-state index contributed by atoms with van der Waals surface area (Å²) in [5.41, 5.74) is 0. The second kappa shape index (κ2) is 7.64. The van der Waals surface area contributed by atoms with Crippen molar-refractivity contribution in [2.75, 3.05) is 0 Å². The first-order chi connectivity index (χ1) is 4.16. The summed E-state index contributed by atoms with van der Waals surface area (Å²) in [4.78, 5) is 0. The van der Waals surface area contributed by atoms with Gasteiger partial charge in [-0.1, -0.05) is 40.5 Å². The van der Waals surface area contributed by atoms with Crippen LogP contribution in [0.3, 0.4) is 0 Å². The Labute approximate surface area is 76.5 Å². The zero-order valence-corrected chi connectivity index (χ0v) is 6.98. The van der Waals surface area contributed by atoms with E-state index in [2.05, 4.69) is 27.7 Å². The Morgan fingerprint density at radius 2 is 1.80 bits per heavy atom. The zero-order valence-electron chi connectivity index (χ0n) is 6.98. The fourth-order valence-electron chi connectivity index (χ4n) is 1.30. The number of hydrogen-bond donors (Lipinski definition) is 0. The normalized spacial score (nSPS) is 12.9. The molecule has 0 spiro atoms. The van der Waals surface area contributed by atoms with Crippen molar-refractivity contribution in [3.63, 3.8) is 0 Å². The average Bonchev–Trinajstić information content (AvgIpc) is 1.63. The van der Waals surface area contributed by atoms with E-state index < -0.39 is 0 Å². The van der Waals surface area contributed by atoms with Crippen LogP contribution in [0.4, 0.5) is 0 Å². The van der Waals surface area contributed by atoms with E-state index >= 15 is 0 Å². The summed E-state index contributed by atoms with van der Waals surface area (Å²) in [7, 11) is 0. The first kappa shape index (κ1) is 13.1. The van der Waals surface area contributed by atoms with Crippen molar-refractivity contribution >= 4 is 17.4 Å². The first-order valence-electron chi connectivity index (χ1n) is 3.99. The molecule has 0 bridgehead atoms. The largest absolute Gasteiger partial charge is 0.187 e. The molecule has 0 N–H and O–H groups in total. The minimum Gasteiger partial charge on any atom is -0.0654 e. The molecule has 10 heavy (non-hydrogen) atoms. The van der Waals surface area contributed by atoms with Crippen molar-refractivity contribution in [1.29, 1.82) is 0 Å². The van der Waals surface area contributed by atoms with Crippen LogP contribution in [0.2, 0.25) is 0 Å². The van der Waals surface area contributed by atoms with E-state index in [1.807, 2.05) is 0 Å². The lowest BCUT2D eigenvalue weighted by Crippen LogP contribution is -1.98. The summed E-state index contributed by atoms with van der Waals surface area (Å²) in [6.45, 7) is 10.7. The van der Waals surface area contributed by atoms with Gasteiger partial charge in [0.15, 0.2) is 17.4 Å². The lowest BCUT2D eigenvalue weighted by Gasteiger charge is -2.11. The molecule has 61 valence electrons. The van der Waals surface area contributed by atoms with Gasteiger partial charge in [0, 0.05) is 0 Å². The highest BCUT2D eigenvalue weighted by Crippen LogP contribution is 2.14. The Kier molecular flexibility index (Phi) is 10.0. The summed E-state index contributed by atoms with van der Waals surface area (Å²) in [6, 6.07) is 0. The molecule has 0 rings (SSSR count). The molecule has 0 aromatic rings. The van der Waals surface area contributed by atoms with Crippen LogP contribution in [0.25, 0.3) is 0 Å². The minimum absolute atomic E-state index is 0. The molecule has 0 fully saturated rings. The van der Waals surface area contributed by atoms with Crippen LogP contribution in [0.15, 0.2) is 0 Å². The van der Waals surface area contributed by atoms with Gasteiger partial charge in [0.2, 0.25) is 0 Å². The topological polar surface area (TPSA) is 0 Å². The average molecular weight is 157 g/mol. The van der Waals surface area contributed by atoms with E-state index in [1.54, 1.807) is 0 Å². The van der Waals surface area contributed by atoms with E-state index in [-0.39, 0.29) is 17.4 Å². The molecular weight excluding hydrogens is 135 g/mol. The second-order valence-corrected chi connectivity index (χ2v) is 3.23. The van der Waals surface area contributed by atoms with Crippen LogP contribution in [0.5, 0.6) is 0 Å². The Morgan fingerprint density at radius 1 is 1.30 bits per heavy atom. The van der Waals surface area contributed by atoms with Gasteiger partial charge < -0.3 is 0 Å². The summed E-state index contributed by atoms with van der Waals surface area (Å²) in [6.07, 6.45) is 3.96. The van der Waals surface area contributed by atoms with E-state index in [9.17, 15) is 0 Å². The maximum Gasteiger partial charge on any atom is 0.187 e. The quantitative estimate of drug-likeness (QED) is 0.548. The molecule has 0 aliphatic heterocycles. The van der Waals surface area contributed by atoms with Crippen LogP contribution >= 0.6 is 0 Å². The lowest BCUT2D eigenvalue weighted by molar-refractivity contribution is 0.433. The maximum absolute atomic E-state index is 3.96. The minimum atomic E-state index is 0. The highest BCUT2D eigenvalue weighted by Gasteiger charge is 2.02. The fraction of sp³-hybridized carbons (Fsp3) is 0.889. The fourth-order valence-corrected chi connectivity index (χ4v) is 1.30. The molecule has 0 nitrogen and oxygen atoms in total. The van der Waals surface area contributed by atoms with Crippen LogP contribution < -0.4 is 0 Å². The SMILES string of the molecule is [AlH3].[CH2]C(C)CC(C)CCC. The molecule has 0 saturated carbocycles. The van der Waals surface area contributed by atoms with Gasteiger partial charge in [-0.05, 0) is 18.3 Å². The third-order valence-corrected chi connectivity index (χ3v) is 1.59. The standard InChI is InChI=1S/C9H19.Al.3H/c1-5-6-9(4)7-8(2)3;;;;/h8-9H,2,5-7H2,1,3-4H3;;;;. The summed E-state index contributed by atoms with van der Waals surface area (Å²) in [5, 5.41) is 0. The number of hydrogen-bond acceptors (Lipinski definition) is 0. The molecule has 2 atom stereocenters. The molecule has 0 heterocycles. The van der Waals surface area contributed by atoms with Crippen LogP contribution in [-0.2, 0) is 0 Å². The third-order valence-electron chi connectivity index (χ3n) is 1.59. The smallest absolute Gasteiger partial charge is 0.0654 e. The van der Waals surface area contributed by atoms with Gasteiger partial charge in [-0.25, -0.2) is 0 Å². The van der Waals surface area contributed by atoms with Gasteiger partial charge in [-0.2, -0.15) is 0 Å². The molecule has 2 unspecified atom stereocenters. The second-order valence-electron chi connectivity index (χ2n) is 3.23. The van der Waals surface area contributed by atoms with Crippen molar-refractivity contribution < 1.29 is 0 Å². The van der Waals surface area contributed by atoms with Gasteiger partial charge in [-0.3, -0.25) is 0 Å². The molecule has 0 amide bonds. The van der Waals surface area contributed by atoms with Crippen molar-refractivity contribution in [2.24, 2.45) is 11.8 Å². The van der Waals surface area contributed by atoms with Gasteiger partial charge in [0.1, 0.15) is 0 Å². The Balaban J connectivity index is 0. The molecule has 0 aromatic carbocycles. The Hall–Kier alpha value is 0.532. The molecular formula is C9H22Al. The van der Waals surface area contributed by atoms with Gasteiger partial charge in [-0.15, -0.1) is 0 Å². The maximum atomic E-state index is 3.96. The van der Waals surface area contributed by atoms with Crippen LogP contribution in [0.1, 0.15) is 40.0 Å². The molecule has 0 aliphatic rings. The van der Waals surface area contributed by atoms with E-state index in [4.69, 9.17) is 0 Å². The molecule has 1 radical (unpaired) electrons. The van der Waals surface area contributed by atoms with Crippen molar-refractivity contribution in [1.82, 2.24) is 0 Å². The van der Waals surface area contributed by atoms with E-state index in [0.29, 0.717) is 5.92 Å². The predicted octanol–water partition coefficient (Wildman–Crippen LogP) is 2.10. The van der Waals surface area contributed by atoms with Crippen molar-refractivity contribution in [3.8, 4) is 0 Å². The van der Waals surface area contributed by atoms with E-state index in [1.165, 1.54) is 19.3 Å². The highest BCUT2D eigenvalue weighted by molar-refractivity contribution is 5.75. The van der Waals surface area contributed by atoms with Crippen molar-refractivity contribution in [2.45, 2.75) is 40.0 Å². The lowest BCUT2D eigenvalue weighted by atomic mass is 9.95. The van der Waals surface area contributed by atoms with Crippen LogP contribution in [0, 0.1) is 18.8 Å². The Morgan fingerprint density at radius 3 is 2.10 bits per heavy atom. The summed E-state index contributed by atoms with van der Waals surface area (Å²) < 4.78 is 0. The third kappa shape index (κ3) is 8.53. The van der Waals surface area contributed by atoms with Crippen molar-refractivity contribution in [3.05, 3.63) is 6.92 Å². The first-order valence-corrected chi connectivity index (χ1v) is 3.99. The van der Waals surface area contributed by atoms with Gasteiger partial charge in [0.05, 0.1) is 0 Å². The molecule has 1 heteroatoms. The van der Waals surface area contributed by atoms with Crippen LogP contribution in [-0.4, -0.2) is 17.4 Å². The predicted molar refractivity (Wildman–Crippen MR) is 53.1 cm³/mol. The van der Waals surface area contributed by atoms with E-state index in [0.717, 1.165) is 5.92 Å². The Bertz CT molecular complexity index is 59.7. The summed E-state index contributed by atoms with van der Waals surface area (Å²) >= 11 is 0. The number of rotatable bonds is 4.